The van der Waals surface area contributed by atoms with E-state index in [0.717, 1.165) is 0 Å². The number of hydrogen-bond acceptors (Lipinski definition) is 9. The fourth-order valence-electron chi connectivity index (χ4n) is 2.82. The summed E-state index contributed by atoms with van der Waals surface area (Å²) in [6, 6.07) is 13.6. The normalized spacial score (nSPS) is 10.3. The van der Waals surface area contributed by atoms with Crippen LogP contribution in [0.3, 0.4) is 0 Å². The average molecular weight is 423 g/mol. The molecule has 0 saturated heterocycles. The van der Waals surface area contributed by atoms with E-state index in [1.165, 1.54) is 6.33 Å². The molecule has 2 aromatic carbocycles. The van der Waals surface area contributed by atoms with Crippen molar-refractivity contribution in [3.8, 4) is 5.75 Å². The van der Waals surface area contributed by atoms with Gasteiger partial charge in [-0.3, -0.25) is 10.1 Å². The number of rotatable bonds is 9. The Bertz CT molecular complexity index is 1090. The molecule has 0 saturated carbocycles. The lowest BCUT2D eigenvalue weighted by Gasteiger charge is -2.14. The van der Waals surface area contributed by atoms with Crippen molar-refractivity contribution in [2.24, 2.45) is 0 Å². The summed E-state index contributed by atoms with van der Waals surface area (Å²) in [6.45, 7) is 4.17. The molecule has 0 radical (unpaired) electrons. The van der Waals surface area contributed by atoms with E-state index in [0.29, 0.717) is 23.7 Å². The molecule has 31 heavy (non-hydrogen) atoms. The number of nitro groups is 1. The number of hydrogen-bond donors (Lipinski definition) is 2. The first-order chi connectivity index (χ1) is 15.0. The van der Waals surface area contributed by atoms with Crippen molar-refractivity contribution in [3.63, 3.8) is 0 Å². The second-order valence-corrected chi connectivity index (χ2v) is 6.12. The molecule has 10 heteroatoms. The summed E-state index contributed by atoms with van der Waals surface area (Å²) in [6.07, 6.45) is 1.19. The van der Waals surface area contributed by atoms with Crippen LogP contribution in [-0.4, -0.2) is 34.1 Å². The maximum Gasteiger partial charge on any atom is 0.353 e. The van der Waals surface area contributed by atoms with Gasteiger partial charge in [-0.15, -0.1) is 0 Å². The number of carbonyl (C=O) groups excluding carboxylic acids is 1. The number of carbonyl (C=O) groups is 1. The van der Waals surface area contributed by atoms with E-state index in [1.807, 2.05) is 6.92 Å². The van der Waals surface area contributed by atoms with Crippen molar-refractivity contribution in [1.29, 1.82) is 0 Å². The largest absolute Gasteiger partial charge is 0.492 e. The third-order valence-corrected chi connectivity index (χ3v) is 4.12. The molecular formula is C21H21N5O5. The SMILES string of the molecule is CCOC(=O)c1ccccc1Nc1ncnc(Nc2ccccc2OCC)c1[N+](=O)[O-]. The highest BCUT2D eigenvalue weighted by Gasteiger charge is 2.25. The Morgan fingerprint density at radius 2 is 1.58 bits per heavy atom. The highest BCUT2D eigenvalue weighted by atomic mass is 16.6. The van der Waals surface area contributed by atoms with E-state index >= 15 is 0 Å². The van der Waals surface area contributed by atoms with Crippen molar-refractivity contribution in [1.82, 2.24) is 9.97 Å². The number of anilines is 4. The van der Waals surface area contributed by atoms with Crippen LogP contribution in [0.1, 0.15) is 24.2 Å². The van der Waals surface area contributed by atoms with Crippen LogP contribution in [0.2, 0.25) is 0 Å². The molecule has 0 aliphatic rings. The molecule has 10 nitrogen and oxygen atoms in total. The second-order valence-electron chi connectivity index (χ2n) is 6.12. The molecule has 3 rings (SSSR count). The van der Waals surface area contributed by atoms with Crippen LogP contribution in [0.15, 0.2) is 54.9 Å². The molecular weight excluding hydrogens is 402 g/mol. The van der Waals surface area contributed by atoms with Crippen molar-refractivity contribution in [3.05, 3.63) is 70.5 Å². The molecule has 0 amide bonds. The molecule has 0 spiro atoms. The molecule has 3 aromatic rings. The smallest absolute Gasteiger partial charge is 0.353 e. The third kappa shape index (κ3) is 5.04. The second kappa shape index (κ2) is 10.0. The monoisotopic (exact) mass is 423 g/mol. The Morgan fingerprint density at radius 3 is 2.23 bits per heavy atom. The quantitative estimate of drug-likeness (QED) is 0.291. The number of nitrogens with one attached hydrogen (secondary N) is 2. The number of ether oxygens (including phenoxy) is 2. The minimum atomic E-state index is -0.596. The van der Waals surface area contributed by atoms with Gasteiger partial charge in [0.15, 0.2) is 0 Å². The molecule has 0 fully saturated rings. The zero-order valence-electron chi connectivity index (χ0n) is 17.0. The fourth-order valence-corrected chi connectivity index (χ4v) is 2.82. The number of aromatic nitrogens is 2. The number of esters is 1. The van der Waals surface area contributed by atoms with E-state index in [4.69, 9.17) is 9.47 Å². The fraction of sp³-hybridized carbons (Fsp3) is 0.190. The molecule has 160 valence electrons. The molecule has 0 aliphatic heterocycles. The van der Waals surface area contributed by atoms with Gasteiger partial charge in [-0.2, -0.15) is 0 Å². The van der Waals surface area contributed by atoms with Gasteiger partial charge in [0, 0.05) is 0 Å². The predicted octanol–water partition coefficient (Wildman–Crippen LogP) is 4.45. The summed E-state index contributed by atoms with van der Waals surface area (Å²) in [7, 11) is 0. The minimum absolute atomic E-state index is 0.0248. The molecule has 0 aliphatic carbocycles. The van der Waals surface area contributed by atoms with Gasteiger partial charge in [0.25, 0.3) is 0 Å². The average Bonchev–Trinajstić information content (AvgIpc) is 2.76. The standard InChI is InChI=1S/C21H21N5O5/c1-3-30-17-12-8-7-11-16(17)25-20-18(26(28)29)19(22-13-23-20)24-15-10-6-5-9-14(15)21(27)31-4-2/h5-13H,3-4H2,1-2H3,(H2,22,23,24,25). The summed E-state index contributed by atoms with van der Waals surface area (Å²) >= 11 is 0. The first-order valence-electron chi connectivity index (χ1n) is 9.56. The molecule has 0 unspecified atom stereocenters. The Hall–Kier alpha value is -4.21. The number of para-hydroxylation sites is 3. The van der Waals surface area contributed by atoms with Gasteiger partial charge in [-0.05, 0) is 38.1 Å². The molecule has 1 aromatic heterocycles. The van der Waals surface area contributed by atoms with Gasteiger partial charge >= 0.3 is 11.7 Å². The summed E-state index contributed by atoms with van der Waals surface area (Å²) in [5.74, 6) is -0.122. The van der Waals surface area contributed by atoms with Gasteiger partial charge in [-0.1, -0.05) is 24.3 Å². The van der Waals surface area contributed by atoms with Gasteiger partial charge in [-0.25, -0.2) is 14.8 Å². The van der Waals surface area contributed by atoms with Gasteiger partial charge in [0.05, 0.1) is 35.1 Å². The van der Waals surface area contributed by atoms with Crippen molar-refractivity contribution < 1.29 is 19.2 Å². The lowest BCUT2D eigenvalue weighted by Crippen LogP contribution is -2.10. The topological polar surface area (TPSA) is 129 Å². The zero-order valence-corrected chi connectivity index (χ0v) is 17.0. The van der Waals surface area contributed by atoms with E-state index < -0.39 is 10.9 Å². The maximum atomic E-state index is 12.2. The summed E-state index contributed by atoms with van der Waals surface area (Å²) in [4.78, 5) is 31.6. The van der Waals surface area contributed by atoms with Gasteiger partial charge in [0.1, 0.15) is 12.1 Å². The van der Waals surface area contributed by atoms with Crippen molar-refractivity contribution >= 4 is 34.7 Å². The van der Waals surface area contributed by atoms with Crippen LogP contribution in [0.4, 0.5) is 28.7 Å². The Labute approximate surface area is 178 Å². The lowest BCUT2D eigenvalue weighted by molar-refractivity contribution is -0.383. The zero-order chi connectivity index (χ0) is 22.2. The van der Waals surface area contributed by atoms with Gasteiger partial charge in [0.2, 0.25) is 11.6 Å². The summed E-state index contributed by atoms with van der Waals surface area (Å²) in [5.41, 5.74) is 0.688. The molecule has 0 bridgehead atoms. The van der Waals surface area contributed by atoms with E-state index in [-0.39, 0.29) is 29.5 Å². The first-order valence-corrected chi connectivity index (χ1v) is 9.56. The number of nitrogens with zero attached hydrogens (tertiary/aromatic N) is 3. The Morgan fingerprint density at radius 1 is 0.968 bits per heavy atom. The van der Waals surface area contributed by atoms with E-state index in [2.05, 4.69) is 20.6 Å². The van der Waals surface area contributed by atoms with Crippen molar-refractivity contribution in [2.75, 3.05) is 23.8 Å². The van der Waals surface area contributed by atoms with Crippen LogP contribution in [-0.2, 0) is 4.74 Å². The van der Waals surface area contributed by atoms with E-state index in [9.17, 15) is 14.9 Å². The van der Waals surface area contributed by atoms with Crippen molar-refractivity contribution in [2.45, 2.75) is 13.8 Å². The summed E-state index contributed by atoms with van der Waals surface area (Å²) in [5, 5.41) is 17.7. The van der Waals surface area contributed by atoms with Gasteiger partial charge < -0.3 is 20.1 Å². The van der Waals surface area contributed by atoms with Crippen LogP contribution >= 0.6 is 0 Å². The molecule has 2 N–H and O–H groups in total. The lowest BCUT2D eigenvalue weighted by atomic mass is 10.1. The highest BCUT2D eigenvalue weighted by molar-refractivity contribution is 5.97. The maximum absolute atomic E-state index is 12.2. The number of benzene rings is 2. The van der Waals surface area contributed by atoms with E-state index in [1.54, 1.807) is 55.5 Å². The van der Waals surface area contributed by atoms with Crippen LogP contribution < -0.4 is 15.4 Å². The molecule has 1 heterocycles. The summed E-state index contributed by atoms with van der Waals surface area (Å²) < 4.78 is 10.6. The third-order valence-electron chi connectivity index (χ3n) is 4.12. The van der Waals surface area contributed by atoms with Crippen LogP contribution in [0.5, 0.6) is 5.75 Å². The van der Waals surface area contributed by atoms with Crippen LogP contribution in [0, 0.1) is 10.1 Å². The predicted molar refractivity (Wildman–Crippen MR) is 115 cm³/mol. The first kappa shape index (κ1) is 21.5. The highest BCUT2D eigenvalue weighted by Crippen LogP contribution is 2.36. The Kier molecular flexibility index (Phi) is 6.94. The Balaban J connectivity index is 2.00. The van der Waals surface area contributed by atoms with Crippen LogP contribution in [0.25, 0.3) is 0 Å². The minimum Gasteiger partial charge on any atom is -0.492 e. The molecule has 0 atom stereocenters.